The predicted molar refractivity (Wildman–Crippen MR) is 79.5 cm³/mol. The Bertz CT molecular complexity index is 423. The van der Waals surface area contributed by atoms with Gasteiger partial charge in [0.1, 0.15) is 0 Å². The Morgan fingerprint density at radius 2 is 1.95 bits per heavy atom. The molecule has 0 aliphatic carbocycles. The largest absolute Gasteiger partial charge is 0.385 e. The lowest BCUT2D eigenvalue weighted by molar-refractivity contribution is 0.0690. The molecule has 0 spiro atoms. The highest BCUT2D eigenvalue weighted by Crippen LogP contribution is 2.23. The highest BCUT2D eigenvalue weighted by molar-refractivity contribution is 5.99. The van der Waals surface area contributed by atoms with E-state index in [2.05, 4.69) is 12.2 Å². The lowest BCUT2D eigenvalue weighted by Gasteiger charge is -2.32. The van der Waals surface area contributed by atoms with Crippen molar-refractivity contribution >= 4 is 11.6 Å². The molecule has 3 nitrogen and oxygen atoms in total. The molecular weight excluding hydrogens is 236 g/mol. The summed E-state index contributed by atoms with van der Waals surface area (Å²) < 4.78 is 0. The Balaban J connectivity index is 2.07. The molecule has 104 valence electrons. The number of nitrogens with one attached hydrogen (secondary N) is 1. The van der Waals surface area contributed by atoms with E-state index in [4.69, 9.17) is 0 Å². The van der Waals surface area contributed by atoms with Crippen molar-refractivity contribution in [3.63, 3.8) is 0 Å². The Morgan fingerprint density at radius 3 is 2.58 bits per heavy atom. The number of benzene rings is 1. The summed E-state index contributed by atoms with van der Waals surface area (Å²) in [6.45, 7) is 6.93. The molecule has 1 aromatic rings. The lowest BCUT2D eigenvalue weighted by atomic mass is 9.94. The van der Waals surface area contributed by atoms with Gasteiger partial charge in [0.15, 0.2) is 0 Å². The zero-order valence-electron chi connectivity index (χ0n) is 12.0. The third kappa shape index (κ3) is 3.28. The van der Waals surface area contributed by atoms with Crippen LogP contribution in [0.3, 0.4) is 0 Å². The summed E-state index contributed by atoms with van der Waals surface area (Å²) in [5.41, 5.74) is 1.76. The number of rotatable bonds is 4. The monoisotopic (exact) mass is 260 g/mol. The minimum atomic E-state index is 0.172. The zero-order chi connectivity index (χ0) is 13.7. The van der Waals surface area contributed by atoms with Crippen LogP contribution in [0.5, 0.6) is 0 Å². The van der Waals surface area contributed by atoms with Crippen LogP contribution in [-0.4, -0.2) is 30.4 Å². The summed E-state index contributed by atoms with van der Waals surface area (Å²) in [6.07, 6.45) is 3.52. The molecule has 0 aromatic heterocycles. The van der Waals surface area contributed by atoms with E-state index in [0.29, 0.717) is 0 Å². The van der Waals surface area contributed by atoms with Crippen molar-refractivity contribution in [2.75, 3.05) is 25.0 Å². The van der Waals surface area contributed by atoms with Crippen LogP contribution in [0.1, 0.15) is 43.5 Å². The molecule has 2 rings (SSSR count). The predicted octanol–water partition coefficient (Wildman–Crippen LogP) is 3.38. The van der Waals surface area contributed by atoms with Crippen LogP contribution in [0.4, 0.5) is 5.69 Å². The van der Waals surface area contributed by atoms with Crippen molar-refractivity contribution in [3.8, 4) is 0 Å². The van der Waals surface area contributed by atoms with Crippen LogP contribution >= 0.6 is 0 Å². The van der Waals surface area contributed by atoms with E-state index in [1.165, 1.54) is 6.42 Å². The first-order valence-corrected chi connectivity index (χ1v) is 7.38. The average molecular weight is 260 g/mol. The maximum absolute atomic E-state index is 12.6. The minimum absolute atomic E-state index is 0.172. The molecule has 3 heteroatoms. The van der Waals surface area contributed by atoms with Gasteiger partial charge in [-0.15, -0.1) is 0 Å². The van der Waals surface area contributed by atoms with Gasteiger partial charge in [-0.3, -0.25) is 4.79 Å². The van der Waals surface area contributed by atoms with Crippen LogP contribution in [0.25, 0.3) is 0 Å². The SMILES string of the molecule is CCNc1ccccc1C(=O)N1CCC(CC)CC1. The van der Waals surface area contributed by atoms with E-state index in [1.807, 2.05) is 36.1 Å². The zero-order valence-corrected chi connectivity index (χ0v) is 12.0. The van der Waals surface area contributed by atoms with Gasteiger partial charge in [0.2, 0.25) is 0 Å². The lowest BCUT2D eigenvalue weighted by Crippen LogP contribution is -2.38. The second kappa shape index (κ2) is 6.60. The molecule has 1 saturated heterocycles. The van der Waals surface area contributed by atoms with Gasteiger partial charge < -0.3 is 10.2 Å². The molecule has 0 bridgehead atoms. The maximum atomic E-state index is 12.6. The van der Waals surface area contributed by atoms with E-state index < -0.39 is 0 Å². The van der Waals surface area contributed by atoms with Gasteiger partial charge in [-0.25, -0.2) is 0 Å². The third-order valence-corrected chi connectivity index (χ3v) is 4.00. The topological polar surface area (TPSA) is 32.3 Å². The van der Waals surface area contributed by atoms with E-state index in [1.54, 1.807) is 0 Å². The molecule has 1 aliphatic rings. The highest BCUT2D eigenvalue weighted by atomic mass is 16.2. The van der Waals surface area contributed by atoms with Crippen LogP contribution in [0.15, 0.2) is 24.3 Å². The van der Waals surface area contributed by atoms with Crippen LogP contribution in [0.2, 0.25) is 0 Å². The molecule has 1 aromatic carbocycles. The Hall–Kier alpha value is -1.51. The highest BCUT2D eigenvalue weighted by Gasteiger charge is 2.23. The average Bonchev–Trinajstić information content (AvgIpc) is 2.47. The molecular formula is C16H24N2O. The van der Waals surface area contributed by atoms with E-state index in [0.717, 1.165) is 49.6 Å². The first-order chi connectivity index (χ1) is 9.26. The minimum Gasteiger partial charge on any atom is -0.385 e. The summed E-state index contributed by atoms with van der Waals surface area (Å²) in [5, 5.41) is 3.27. The number of carbonyl (C=O) groups excluding carboxylic acids is 1. The van der Waals surface area contributed by atoms with E-state index in [-0.39, 0.29) is 5.91 Å². The number of anilines is 1. The van der Waals surface area contributed by atoms with Gasteiger partial charge in [0, 0.05) is 25.3 Å². The number of hydrogen-bond donors (Lipinski definition) is 1. The van der Waals surface area contributed by atoms with Crippen LogP contribution < -0.4 is 5.32 Å². The molecule has 1 aliphatic heterocycles. The van der Waals surface area contributed by atoms with Crippen molar-refractivity contribution < 1.29 is 4.79 Å². The first-order valence-electron chi connectivity index (χ1n) is 7.38. The third-order valence-electron chi connectivity index (χ3n) is 4.00. The van der Waals surface area contributed by atoms with Crippen molar-refractivity contribution in [3.05, 3.63) is 29.8 Å². The smallest absolute Gasteiger partial charge is 0.255 e. The normalized spacial score (nSPS) is 16.4. The van der Waals surface area contributed by atoms with Crippen LogP contribution in [-0.2, 0) is 0 Å². The summed E-state index contributed by atoms with van der Waals surface area (Å²) in [5.74, 6) is 0.971. The van der Waals surface area contributed by atoms with Gasteiger partial charge >= 0.3 is 0 Å². The molecule has 1 heterocycles. The number of hydrogen-bond acceptors (Lipinski definition) is 2. The maximum Gasteiger partial charge on any atom is 0.255 e. The van der Waals surface area contributed by atoms with Gasteiger partial charge in [0.05, 0.1) is 5.56 Å². The van der Waals surface area contributed by atoms with Crippen molar-refractivity contribution in [1.82, 2.24) is 4.90 Å². The van der Waals surface area contributed by atoms with Crippen LogP contribution in [0, 0.1) is 5.92 Å². The number of amides is 1. The molecule has 0 unspecified atom stereocenters. The van der Waals surface area contributed by atoms with Gasteiger partial charge in [-0.1, -0.05) is 25.5 Å². The fourth-order valence-corrected chi connectivity index (χ4v) is 2.73. The number of para-hydroxylation sites is 1. The summed E-state index contributed by atoms with van der Waals surface area (Å²) >= 11 is 0. The summed E-state index contributed by atoms with van der Waals surface area (Å²) in [4.78, 5) is 14.6. The molecule has 1 amide bonds. The van der Waals surface area contributed by atoms with E-state index >= 15 is 0 Å². The molecule has 19 heavy (non-hydrogen) atoms. The Morgan fingerprint density at radius 1 is 1.26 bits per heavy atom. The van der Waals surface area contributed by atoms with Crippen molar-refractivity contribution in [2.45, 2.75) is 33.1 Å². The van der Waals surface area contributed by atoms with Gasteiger partial charge in [-0.05, 0) is 37.8 Å². The molecule has 0 atom stereocenters. The second-order valence-electron chi connectivity index (χ2n) is 5.22. The number of nitrogens with zero attached hydrogens (tertiary/aromatic N) is 1. The van der Waals surface area contributed by atoms with Gasteiger partial charge in [0.25, 0.3) is 5.91 Å². The van der Waals surface area contributed by atoms with Crippen molar-refractivity contribution in [1.29, 1.82) is 0 Å². The number of piperidine rings is 1. The molecule has 0 radical (unpaired) electrons. The molecule has 1 N–H and O–H groups in total. The number of carbonyl (C=O) groups is 1. The van der Waals surface area contributed by atoms with Gasteiger partial charge in [-0.2, -0.15) is 0 Å². The summed E-state index contributed by atoms with van der Waals surface area (Å²) in [7, 11) is 0. The standard InChI is InChI=1S/C16H24N2O/c1-3-13-9-11-18(12-10-13)16(19)14-7-5-6-8-15(14)17-4-2/h5-8,13,17H,3-4,9-12H2,1-2H3. The quantitative estimate of drug-likeness (QED) is 0.900. The van der Waals surface area contributed by atoms with E-state index in [9.17, 15) is 4.79 Å². The fourth-order valence-electron chi connectivity index (χ4n) is 2.73. The Kier molecular flexibility index (Phi) is 4.83. The fraction of sp³-hybridized carbons (Fsp3) is 0.562. The Labute approximate surface area is 116 Å². The summed E-state index contributed by atoms with van der Waals surface area (Å²) in [6, 6.07) is 7.81. The van der Waals surface area contributed by atoms with Crippen molar-refractivity contribution in [2.24, 2.45) is 5.92 Å². The number of likely N-dealkylation sites (tertiary alicyclic amines) is 1. The molecule has 1 fully saturated rings. The molecule has 0 saturated carbocycles. The first kappa shape index (κ1) is 13.9. The second-order valence-corrected chi connectivity index (χ2v) is 5.22.